The van der Waals surface area contributed by atoms with E-state index in [4.69, 9.17) is 16.3 Å². The van der Waals surface area contributed by atoms with E-state index >= 15 is 0 Å². The van der Waals surface area contributed by atoms with Crippen LogP contribution in [0.5, 0.6) is 5.75 Å². The Morgan fingerprint density at radius 2 is 2.12 bits per heavy atom. The van der Waals surface area contributed by atoms with Crippen molar-refractivity contribution in [2.24, 2.45) is 0 Å². The number of hydrogen-bond acceptors (Lipinski definition) is 5. The molecular weight excluding hydrogens is 512 g/mol. The first kappa shape index (κ1) is 24.4. The number of thioether (sulfide) groups is 1. The molecule has 0 atom stereocenters. The second-order valence-electron chi connectivity index (χ2n) is 6.98. The molecule has 3 aromatic rings. The van der Waals surface area contributed by atoms with Crippen LogP contribution in [0.15, 0.2) is 64.7 Å². The number of nitrogens with one attached hydrogen (secondary N) is 1. The third kappa shape index (κ3) is 6.85. The molecule has 9 heteroatoms. The van der Waals surface area contributed by atoms with E-state index in [2.05, 4.69) is 38.0 Å². The molecular formula is C23H24BrClN4O2S. The molecule has 6 nitrogen and oxygen atoms in total. The van der Waals surface area contributed by atoms with Crippen molar-refractivity contribution >= 4 is 50.9 Å². The lowest BCUT2D eigenvalue weighted by molar-refractivity contribution is -0.113. The lowest BCUT2D eigenvalue weighted by Crippen LogP contribution is -2.15. The largest absolute Gasteiger partial charge is 0.492 e. The molecule has 1 amide bonds. The van der Waals surface area contributed by atoms with Crippen LogP contribution in [0.25, 0.3) is 0 Å². The normalized spacial score (nSPS) is 10.7. The third-order valence-corrected chi connectivity index (χ3v) is 6.37. The molecule has 0 aliphatic rings. The molecule has 3 rings (SSSR count). The molecule has 0 radical (unpaired) electrons. The molecule has 0 saturated heterocycles. The summed E-state index contributed by atoms with van der Waals surface area (Å²) >= 11 is 10.8. The van der Waals surface area contributed by atoms with Crippen molar-refractivity contribution in [1.29, 1.82) is 0 Å². The van der Waals surface area contributed by atoms with Crippen molar-refractivity contribution in [3.05, 3.63) is 76.0 Å². The fraction of sp³-hybridized carbons (Fsp3) is 0.261. The molecule has 0 spiro atoms. The van der Waals surface area contributed by atoms with Crippen molar-refractivity contribution in [2.75, 3.05) is 17.7 Å². The summed E-state index contributed by atoms with van der Waals surface area (Å²) in [5.74, 6) is 1.75. The number of amides is 1. The maximum Gasteiger partial charge on any atom is 0.234 e. The van der Waals surface area contributed by atoms with Gasteiger partial charge in [-0.15, -0.1) is 16.8 Å². The summed E-state index contributed by atoms with van der Waals surface area (Å²) in [7, 11) is 0. The summed E-state index contributed by atoms with van der Waals surface area (Å²) < 4.78 is 8.63. The van der Waals surface area contributed by atoms with Crippen LogP contribution in [-0.4, -0.2) is 33.0 Å². The van der Waals surface area contributed by atoms with Crippen LogP contribution in [0.1, 0.15) is 17.8 Å². The number of allylic oxidation sites excluding steroid dienone is 1. The first-order chi connectivity index (χ1) is 15.5. The first-order valence-electron chi connectivity index (χ1n) is 10.1. The summed E-state index contributed by atoms with van der Waals surface area (Å²) in [6.45, 7) is 6.90. The van der Waals surface area contributed by atoms with Gasteiger partial charge in [0.25, 0.3) is 0 Å². The second-order valence-corrected chi connectivity index (χ2v) is 9.21. The van der Waals surface area contributed by atoms with Crippen LogP contribution in [0.4, 0.5) is 5.69 Å². The zero-order valence-electron chi connectivity index (χ0n) is 17.7. The Morgan fingerprint density at radius 3 is 2.88 bits per heavy atom. The van der Waals surface area contributed by atoms with E-state index in [9.17, 15) is 4.79 Å². The number of rotatable bonds is 11. The zero-order valence-corrected chi connectivity index (χ0v) is 20.8. The molecule has 0 aliphatic carbocycles. The van der Waals surface area contributed by atoms with Gasteiger partial charge in [-0.05, 0) is 59.1 Å². The van der Waals surface area contributed by atoms with Gasteiger partial charge in [-0.3, -0.25) is 4.79 Å². The summed E-state index contributed by atoms with van der Waals surface area (Å²) in [5.41, 5.74) is 1.84. The highest BCUT2D eigenvalue weighted by Crippen LogP contribution is 2.28. The number of para-hydroxylation sites is 1. The maximum atomic E-state index is 12.4. The summed E-state index contributed by atoms with van der Waals surface area (Å²) in [6, 6.07) is 13.1. The molecule has 32 heavy (non-hydrogen) atoms. The Kier molecular flexibility index (Phi) is 9.20. The van der Waals surface area contributed by atoms with E-state index in [0.29, 0.717) is 29.8 Å². The molecule has 1 N–H and O–H groups in total. The van der Waals surface area contributed by atoms with Crippen molar-refractivity contribution in [3.8, 4) is 5.75 Å². The van der Waals surface area contributed by atoms with Crippen LogP contribution in [-0.2, 0) is 17.8 Å². The SMILES string of the molecule is C=CCn1c(CCCOc2ccc(Cl)cc2Br)nnc1SCC(=O)Nc1ccccc1C. The highest BCUT2D eigenvalue weighted by Gasteiger charge is 2.14. The minimum absolute atomic E-state index is 0.0825. The molecule has 0 aliphatic heterocycles. The number of ether oxygens (including phenoxy) is 1. The van der Waals surface area contributed by atoms with Gasteiger partial charge in [-0.2, -0.15) is 0 Å². The zero-order chi connectivity index (χ0) is 22.9. The lowest BCUT2D eigenvalue weighted by Gasteiger charge is -2.10. The highest BCUT2D eigenvalue weighted by atomic mass is 79.9. The van der Waals surface area contributed by atoms with Gasteiger partial charge >= 0.3 is 0 Å². The van der Waals surface area contributed by atoms with Crippen molar-refractivity contribution in [1.82, 2.24) is 14.8 Å². The van der Waals surface area contributed by atoms with Gasteiger partial charge in [-0.1, -0.05) is 47.6 Å². The number of halogens is 2. The summed E-state index contributed by atoms with van der Waals surface area (Å²) in [5, 5.41) is 12.9. The lowest BCUT2D eigenvalue weighted by atomic mass is 10.2. The van der Waals surface area contributed by atoms with E-state index in [1.54, 1.807) is 18.2 Å². The smallest absolute Gasteiger partial charge is 0.234 e. The third-order valence-electron chi connectivity index (χ3n) is 4.55. The number of carbonyl (C=O) groups excluding carboxylic acids is 1. The fourth-order valence-electron chi connectivity index (χ4n) is 2.96. The van der Waals surface area contributed by atoms with Gasteiger partial charge in [0.1, 0.15) is 11.6 Å². The number of anilines is 1. The summed E-state index contributed by atoms with van der Waals surface area (Å²) in [4.78, 5) is 12.4. The van der Waals surface area contributed by atoms with E-state index in [1.165, 1.54) is 11.8 Å². The Morgan fingerprint density at radius 1 is 1.31 bits per heavy atom. The van der Waals surface area contributed by atoms with Crippen molar-refractivity contribution in [3.63, 3.8) is 0 Å². The predicted molar refractivity (Wildman–Crippen MR) is 134 cm³/mol. The van der Waals surface area contributed by atoms with Gasteiger partial charge in [0, 0.05) is 23.7 Å². The minimum atomic E-state index is -0.0825. The Bertz CT molecular complexity index is 1090. The second kappa shape index (κ2) is 12.1. The standard InChI is InChI=1S/C23H24BrClN4O2S/c1-3-12-29-21(9-6-13-31-20-11-10-17(25)14-18(20)24)27-28-23(29)32-15-22(30)26-19-8-5-4-7-16(19)2/h3-5,7-8,10-11,14H,1,6,9,12-13,15H2,2H3,(H,26,30). The molecule has 168 valence electrons. The predicted octanol–water partition coefficient (Wildman–Crippen LogP) is 5.93. The number of nitrogens with zero attached hydrogens (tertiary/aromatic N) is 3. The molecule has 0 fully saturated rings. The van der Waals surface area contributed by atoms with Crippen LogP contribution in [0.3, 0.4) is 0 Å². The molecule has 0 bridgehead atoms. The number of hydrogen-bond donors (Lipinski definition) is 1. The van der Waals surface area contributed by atoms with Gasteiger partial charge in [0.05, 0.1) is 16.8 Å². The topological polar surface area (TPSA) is 69.0 Å². The molecule has 1 aromatic heterocycles. The quantitative estimate of drug-likeness (QED) is 0.187. The van der Waals surface area contributed by atoms with Gasteiger partial charge in [0.15, 0.2) is 5.16 Å². The first-order valence-corrected chi connectivity index (χ1v) is 12.2. The van der Waals surface area contributed by atoms with Gasteiger partial charge < -0.3 is 14.6 Å². The Hall–Kier alpha value is -2.29. The van der Waals surface area contributed by atoms with E-state index < -0.39 is 0 Å². The average Bonchev–Trinajstić information content (AvgIpc) is 3.14. The number of aromatic nitrogens is 3. The molecule has 1 heterocycles. The van der Waals surface area contributed by atoms with Gasteiger partial charge in [0.2, 0.25) is 5.91 Å². The number of aryl methyl sites for hydroxylation is 2. The Labute approximate surface area is 205 Å². The maximum absolute atomic E-state index is 12.4. The number of benzene rings is 2. The fourth-order valence-corrected chi connectivity index (χ4v) is 4.52. The van der Waals surface area contributed by atoms with E-state index in [0.717, 1.165) is 33.7 Å². The van der Waals surface area contributed by atoms with E-state index in [-0.39, 0.29) is 11.7 Å². The highest BCUT2D eigenvalue weighted by molar-refractivity contribution is 9.10. The molecule has 0 saturated carbocycles. The Balaban J connectivity index is 1.53. The van der Waals surface area contributed by atoms with E-state index in [1.807, 2.05) is 41.8 Å². The van der Waals surface area contributed by atoms with Crippen LogP contribution < -0.4 is 10.1 Å². The van der Waals surface area contributed by atoms with Crippen LogP contribution >= 0.6 is 39.3 Å². The molecule has 2 aromatic carbocycles. The number of carbonyl (C=O) groups is 1. The van der Waals surface area contributed by atoms with Crippen molar-refractivity contribution < 1.29 is 9.53 Å². The summed E-state index contributed by atoms with van der Waals surface area (Å²) in [6.07, 6.45) is 3.26. The van der Waals surface area contributed by atoms with Crippen LogP contribution in [0, 0.1) is 6.92 Å². The van der Waals surface area contributed by atoms with Gasteiger partial charge in [-0.25, -0.2) is 0 Å². The van der Waals surface area contributed by atoms with Crippen molar-refractivity contribution in [2.45, 2.75) is 31.5 Å². The minimum Gasteiger partial charge on any atom is -0.492 e. The average molecular weight is 536 g/mol. The van der Waals surface area contributed by atoms with Crippen LogP contribution in [0.2, 0.25) is 5.02 Å². The molecule has 0 unspecified atom stereocenters. The monoisotopic (exact) mass is 534 g/mol.